The van der Waals surface area contributed by atoms with Crippen molar-refractivity contribution >= 4 is 0 Å². The molecule has 0 atom stereocenters. The number of hydrogen-bond acceptors (Lipinski definition) is 4. The van der Waals surface area contributed by atoms with Gasteiger partial charge in [0.25, 0.3) is 6.20 Å². The lowest BCUT2D eigenvalue weighted by Gasteiger charge is -1.79. The normalized spacial score (nSPS) is 9.14. The number of aromatic nitrogens is 2. The van der Waals surface area contributed by atoms with Gasteiger partial charge < -0.3 is 10.3 Å². The highest BCUT2D eigenvalue weighted by Crippen LogP contribution is 1.90. The lowest BCUT2D eigenvalue weighted by Crippen LogP contribution is -2.21. The molecule has 0 aliphatic carbocycles. The molecule has 0 spiro atoms. The second kappa shape index (κ2) is 1.11. The van der Waals surface area contributed by atoms with Gasteiger partial charge >= 0.3 is 5.88 Å². The summed E-state index contributed by atoms with van der Waals surface area (Å²) in [6.45, 7) is 0. The summed E-state index contributed by atoms with van der Waals surface area (Å²) in [5.74, 6) is -0.528. The van der Waals surface area contributed by atoms with Crippen molar-refractivity contribution < 1.29 is 14.6 Å². The number of hydrogen-bond donors (Lipinski definition) is 1. The first-order valence-electron chi connectivity index (χ1n) is 1.54. The molecule has 0 amide bonds. The molecular weight excluding hydrogens is 100 g/mol. The minimum absolute atomic E-state index is 0.0972. The van der Waals surface area contributed by atoms with Gasteiger partial charge in [-0.15, -0.1) is 0 Å². The molecule has 1 aromatic heterocycles. The van der Waals surface area contributed by atoms with E-state index in [0.717, 1.165) is 6.20 Å². The zero-order valence-corrected chi connectivity index (χ0v) is 3.24. The molecule has 0 aliphatic heterocycles. The molecule has 38 valence electrons. The first-order valence-corrected chi connectivity index (χ1v) is 1.54. The maximum atomic E-state index is 9.86. The molecule has 0 fully saturated rings. The first-order chi connectivity index (χ1) is 3.30. The molecule has 0 radical (unpaired) electrons. The van der Waals surface area contributed by atoms with Crippen LogP contribution in [0.1, 0.15) is 0 Å². The zero-order valence-electron chi connectivity index (χ0n) is 3.24. The number of rotatable bonds is 0. The van der Waals surface area contributed by atoms with E-state index in [-0.39, 0.29) is 4.90 Å². The highest BCUT2D eigenvalue weighted by atomic mass is 16.8. The van der Waals surface area contributed by atoms with Crippen molar-refractivity contribution in [2.24, 2.45) is 0 Å². The van der Waals surface area contributed by atoms with Crippen molar-refractivity contribution in [3.8, 4) is 5.88 Å². The Labute approximate surface area is 38.3 Å². The fourth-order valence-corrected chi connectivity index (χ4v) is 0.202. The minimum atomic E-state index is -0.528. The molecule has 1 heterocycles. The van der Waals surface area contributed by atoms with E-state index in [2.05, 4.69) is 9.79 Å². The molecule has 1 aromatic rings. The smallest absolute Gasteiger partial charge is 0.369 e. The predicted molar refractivity (Wildman–Crippen MR) is 17.1 cm³/mol. The van der Waals surface area contributed by atoms with Gasteiger partial charge in [-0.3, -0.25) is 4.63 Å². The van der Waals surface area contributed by atoms with E-state index < -0.39 is 5.88 Å². The van der Waals surface area contributed by atoms with E-state index in [1.807, 2.05) is 0 Å². The van der Waals surface area contributed by atoms with Gasteiger partial charge in [0.15, 0.2) is 0 Å². The van der Waals surface area contributed by atoms with Gasteiger partial charge in [-0.25, -0.2) is 0 Å². The second-order valence-electron chi connectivity index (χ2n) is 0.931. The highest BCUT2D eigenvalue weighted by molar-refractivity contribution is 4.84. The fourth-order valence-electron chi connectivity index (χ4n) is 0.202. The Kier molecular flexibility index (Phi) is 0.619. The van der Waals surface area contributed by atoms with E-state index in [9.17, 15) is 5.21 Å². The third-order valence-electron chi connectivity index (χ3n) is 0.477. The van der Waals surface area contributed by atoms with Crippen LogP contribution in [-0.2, 0) is 0 Å². The molecule has 0 saturated heterocycles. The summed E-state index contributed by atoms with van der Waals surface area (Å²) in [5, 5.41) is 21.1. The predicted octanol–water partition coefficient (Wildman–Crippen LogP) is -0.986. The van der Waals surface area contributed by atoms with Crippen LogP contribution in [0.2, 0.25) is 0 Å². The van der Waals surface area contributed by atoms with Crippen molar-refractivity contribution in [2.75, 3.05) is 0 Å². The molecule has 7 heavy (non-hydrogen) atoms. The molecular formula is C2H2N2O3. The Hall–Kier alpha value is -1.26. The monoisotopic (exact) mass is 102 g/mol. The van der Waals surface area contributed by atoms with E-state index in [1.165, 1.54) is 0 Å². The van der Waals surface area contributed by atoms with Crippen LogP contribution in [-0.4, -0.2) is 10.3 Å². The molecule has 0 aromatic carbocycles. The van der Waals surface area contributed by atoms with Gasteiger partial charge in [0.05, 0.1) is 0 Å². The summed E-state index contributed by atoms with van der Waals surface area (Å²) < 4.78 is 3.83. The SMILES string of the molecule is [O-][n+]1oncc1O. The van der Waals surface area contributed by atoms with E-state index in [4.69, 9.17) is 5.11 Å². The van der Waals surface area contributed by atoms with Gasteiger partial charge in [0, 0.05) is 5.16 Å². The van der Waals surface area contributed by atoms with Gasteiger partial charge in [-0.1, -0.05) is 0 Å². The average molecular weight is 102 g/mol. The summed E-state index contributed by atoms with van der Waals surface area (Å²) in [4.78, 5) is -0.0972. The molecule has 1 N–H and O–H groups in total. The summed E-state index contributed by atoms with van der Waals surface area (Å²) >= 11 is 0. The van der Waals surface area contributed by atoms with Crippen molar-refractivity contribution in [3.63, 3.8) is 0 Å². The second-order valence-corrected chi connectivity index (χ2v) is 0.931. The molecule has 5 heteroatoms. The largest absolute Gasteiger partial charge is 0.472 e. The molecule has 0 saturated carbocycles. The number of nitrogens with zero attached hydrogens (tertiary/aromatic N) is 2. The summed E-state index contributed by atoms with van der Waals surface area (Å²) in [7, 11) is 0. The summed E-state index contributed by atoms with van der Waals surface area (Å²) in [5.41, 5.74) is 0. The zero-order chi connectivity index (χ0) is 5.28. The average Bonchev–Trinajstić information content (AvgIpc) is 1.91. The Bertz CT molecular complexity index is 143. The Morgan fingerprint density at radius 3 is 2.86 bits per heavy atom. The Balaban J connectivity index is 3.12. The van der Waals surface area contributed by atoms with Crippen molar-refractivity contribution in [3.05, 3.63) is 11.4 Å². The van der Waals surface area contributed by atoms with E-state index in [0.29, 0.717) is 0 Å². The summed E-state index contributed by atoms with van der Waals surface area (Å²) in [6, 6.07) is 0. The summed E-state index contributed by atoms with van der Waals surface area (Å²) in [6.07, 6.45) is 0.910. The first kappa shape index (κ1) is 3.91. The van der Waals surface area contributed by atoms with Crippen LogP contribution in [0, 0.1) is 5.21 Å². The van der Waals surface area contributed by atoms with E-state index in [1.54, 1.807) is 0 Å². The van der Waals surface area contributed by atoms with Crippen molar-refractivity contribution in [1.29, 1.82) is 0 Å². The third-order valence-corrected chi connectivity index (χ3v) is 0.477. The van der Waals surface area contributed by atoms with Gasteiger partial charge in [0.2, 0.25) is 0 Å². The fraction of sp³-hybridized carbons (Fsp3) is 0. The lowest BCUT2D eigenvalue weighted by molar-refractivity contribution is -0.805. The number of aromatic hydroxyl groups is 1. The molecule has 0 unspecified atom stereocenters. The van der Waals surface area contributed by atoms with Crippen LogP contribution >= 0.6 is 0 Å². The standard InChI is InChI=1S/C2H2N2O3/c5-2-1-3-7-4(2)6/h1,5H. The molecule has 0 bridgehead atoms. The van der Waals surface area contributed by atoms with E-state index >= 15 is 0 Å². The van der Waals surface area contributed by atoms with Crippen LogP contribution in [0.25, 0.3) is 0 Å². The topological polar surface area (TPSA) is 73.2 Å². The quantitative estimate of drug-likeness (QED) is 0.427. The molecule has 1 rings (SSSR count). The highest BCUT2D eigenvalue weighted by Gasteiger charge is 1.98. The van der Waals surface area contributed by atoms with Crippen LogP contribution in [0.5, 0.6) is 5.88 Å². The van der Waals surface area contributed by atoms with Crippen molar-refractivity contribution in [1.82, 2.24) is 5.16 Å². The van der Waals surface area contributed by atoms with Crippen LogP contribution in [0.4, 0.5) is 0 Å². The van der Waals surface area contributed by atoms with Gasteiger partial charge in [-0.2, -0.15) is 0 Å². The van der Waals surface area contributed by atoms with Gasteiger partial charge in [0.1, 0.15) is 0 Å². The molecule has 5 nitrogen and oxygen atoms in total. The van der Waals surface area contributed by atoms with Crippen LogP contribution in [0.3, 0.4) is 0 Å². The third kappa shape index (κ3) is 0.466. The minimum Gasteiger partial charge on any atom is -0.472 e. The lowest BCUT2D eigenvalue weighted by atomic mass is 10.9. The van der Waals surface area contributed by atoms with Gasteiger partial charge in [-0.05, 0) is 4.90 Å². The Morgan fingerprint density at radius 1 is 2.00 bits per heavy atom. The van der Waals surface area contributed by atoms with Crippen LogP contribution in [0.15, 0.2) is 10.8 Å². The Morgan fingerprint density at radius 2 is 2.71 bits per heavy atom. The van der Waals surface area contributed by atoms with Crippen molar-refractivity contribution in [2.45, 2.75) is 0 Å². The maximum Gasteiger partial charge on any atom is 0.369 e. The molecule has 0 aliphatic rings. The maximum absolute atomic E-state index is 9.86. The van der Waals surface area contributed by atoms with Crippen LogP contribution < -0.4 is 4.90 Å².